The standard InChI is InChI=1S/C10H10ClN3O3/c11-7-1-5(8(12)15)2-13-9(7)14-3-6(4-14)10(16)17/h1-2,6H,3-4H2,(H2,12,15)(H,16,17). The molecular weight excluding hydrogens is 246 g/mol. The Hall–Kier alpha value is -1.82. The van der Waals surface area contributed by atoms with E-state index in [1.165, 1.54) is 12.3 Å². The van der Waals surface area contributed by atoms with E-state index < -0.39 is 11.9 Å². The number of pyridine rings is 1. The summed E-state index contributed by atoms with van der Waals surface area (Å²) in [5.41, 5.74) is 5.32. The van der Waals surface area contributed by atoms with Gasteiger partial charge >= 0.3 is 5.97 Å². The zero-order valence-electron chi connectivity index (χ0n) is 8.76. The molecule has 1 aliphatic heterocycles. The minimum Gasteiger partial charge on any atom is -0.481 e. The predicted molar refractivity (Wildman–Crippen MR) is 61.1 cm³/mol. The minimum atomic E-state index is -0.828. The number of primary amides is 1. The van der Waals surface area contributed by atoms with Crippen LogP contribution < -0.4 is 10.6 Å². The number of halogens is 1. The van der Waals surface area contributed by atoms with Gasteiger partial charge in [-0.25, -0.2) is 4.98 Å². The van der Waals surface area contributed by atoms with Crippen LogP contribution in [-0.2, 0) is 4.79 Å². The van der Waals surface area contributed by atoms with E-state index in [0.717, 1.165) is 0 Å². The summed E-state index contributed by atoms with van der Waals surface area (Å²) >= 11 is 5.95. The molecule has 7 heteroatoms. The van der Waals surface area contributed by atoms with Gasteiger partial charge in [0.1, 0.15) is 5.82 Å². The van der Waals surface area contributed by atoms with E-state index in [4.69, 9.17) is 22.4 Å². The second-order valence-electron chi connectivity index (χ2n) is 3.83. The van der Waals surface area contributed by atoms with Crippen LogP contribution in [0, 0.1) is 5.92 Å². The third-order valence-corrected chi connectivity index (χ3v) is 2.91. The molecule has 3 N–H and O–H groups in total. The quantitative estimate of drug-likeness (QED) is 0.813. The number of anilines is 1. The highest BCUT2D eigenvalue weighted by molar-refractivity contribution is 6.33. The maximum atomic E-state index is 10.9. The fourth-order valence-electron chi connectivity index (χ4n) is 1.61. The number of carboxylic acid groups (broad SMARTS) is 1. The monoisotopic (exact) mass is 255 g/mol. The Balaban J connectivity index is 2.14. The molecular formula is C10H10ClN3O3. The first-order chi connectivity index (χ1) is 7.99. The molecule has 0 spiro atoms. The molecule has 1 aromatic heterocycles. The van der Waals surface area contributed by atoms with E-state index in [0.29, 0.717) is 23.9 Å². The van der Waals surface area contributed by atoms with Crippen LogP contribution in [0.4, 0.5) is 5.82 Å². The van der Waals surface area contributed by atoms with Crippen LogP contribution in [-0.4, -0.2) is 35.1 Å². The highest BCUT2D eigenvalue weighted by atomic mass is 35.5. The number of carbonyl (C=O) groups is 2. The van der Waals surface area contributed by atoms with Gasteiger partial charge < -0.3 is 15.7 Å². The molecule has 0 saturated carbocycles. The van der Waals surface area contributed by atoms with Crippen molar-refractivity contribution in [3.8, 4) is 0 Å². The number of carbonyl (C=O) groups excluding carboxylic acids is 1. The molecule has 1 saturated heterocycles. The summed E-state index contributed by atoms with van der Waals surface area (Å²) in [7, 11) is 0. The highest BCUT2D eigenvalue weighted by Gasteiger charge is 2.34. The Bertz CT molecular complexity index is 486. The summed E-state index contributed by atoms with van der Waals surface area (Å²) in [4.78, 5) is 27.3. The highest BCUT2D eigenvalue weighted by Crippen LogP contribution is 2.29. The molecule has 0 unspecified atom stereocenters. The average Bonchev–Trinajstić information content (AvgIpc) is 2.17. The van der Waals surface area contributed by atoms with Crippen molar-refractivity contribution in [1.29, 1.82) is 0 Å². The first-order valence-electron chi connectivity index (χ1n) is 4.92. The number of carboxylic acids is 1. The number of nitrogens with zero attached hydrogens (tertiary/aromatic N) is 2. The van der Waals surface area contributed by atoms with Gasteiger partial charge in [-0.3, -0.25) is 9.59 Å². The van der Waals surface area contributed by atoms with Crippen molar-refractivity contribution in [2.45, 2.75) is 0 Å². The minimum absolute atomic E-state index is 0.231. The molecule has 0 atom stereocenters. The lowest BCUT2D eigenvalue weighted by atomic mass is 10.0. The van der Waals surface area contributed by atoms with Gasteiger partial charge in [-0.05, 0) is 6.07 Å². The van der Waals surface area contributed by atoms with Gasteiger partial charge in [0, 0.05) is 19.3 Å². The molecule has 1 aromatic rings. The lowest BCUT2D eigenvalue weighted by Crippen LogP contribution is -2.51. The predicted octanol–water partition coefficient (Wildman–Crippen LogP) is 0.355. The van der Waals surface area contributed by atoms with E-state index in [2.05, 4.69) is 4.98 Å². The molecule has 90 valence electrons. The van der Waals surface area contributed by atoms with E-state index >= 15 is 0 Å². The summed E-state index contributed by atoms with van der Waals surface area (Å²) in [6, 6.07) is 1.43. The first-order valence-corrected chi connectivity index (χ1v) is 5.30. The fourth-order valence-corrected chi connectivity index (χ4v) is 1.89. The van der Waals surface area contributed by atoms with Gasteiger partial charge in [0.25, 0.3) is 0 Å². The molecule has 0 aliphatic carbocycles. The summed E-state index contributed by atoms with van der Waals surface area (Å²) in [6.07, 6.45) is 1.33. The Labute approximate surface area is 102 Å². The molecule has 1 amide bonds. The van der Waals surface area contributed by atoms with Gasteiger partial charge in [-0.1, -0.05) is 11.6 Å². The van der Waals surface area contributed by atoms with Crippen LogP contribution in [0.25, 0.3) is 0 Å². The molecule has 0 aromatic carbocycles. The number of rotatable bonds is 3. The lowest BCUT2D eigenvalue weighted by Gasteiger charge is -2.37. The number of aromatic nitrogens is 1. The maximum absolute atomic E-state index is 10.9. The number of hydrogen-bond acceptors (Lipinski definition) is 4. The Kier molecular flexibility index (Phi) is 2.89. The van der Waals surface area contributed by atoms with Crippen LogP contribution in [0.15, 0.2) is 12.3 Å². The van der Waals surface area contributed by atoms with Crippen molar-refractivity contribution >= 4 is 29.3 Å². The van der Waals surface area contributed by atoms with E-state index in [9.17, 15) is 9.59 Å². The second-order valence-corrected chi connectivity index (χ2v) is 4.24. The van der Waals surface area contributed by atoms with Crippen molar-refractivity contribution in [2.24, 2.45) is 11.7 Å². The molecule has 0 bridgehead atoms. The molecule has 6 nitrogen and oxygen atoms in total. The summed E-state index contributed by atoms with van der Waals surface area (Å²) in [5.74, 6) is -1.33. The van der Waals surface area contributed by atoms with Crippen LogP contribution in [0.5, 0.6) is 0 Å². The van der Waals surface area contributed by atoms with Crippen LogP contribution in [0.1, 0.15) is 10.4 Å². The Morgan fingerprint density at radius 2 is 2.18 bits per heavy atom. The molecule has 2 rings (SSSR count). The molecule has 1 fully saturated rings. The molecule has 1 aliphatic rings. The summed E-state index contributed by atoms with van der Waals surface area (Å²) in [5, 5.41) is 9.04. The smallest absolute Gasteiger partial charge is 0.310 e. The van der Waals surface area contributed by atoms with Gasteiger partial charge in [0.15, 0.2) is 0 Å². The largest absolute Gasteiger partial charge is 0.481 e. The fraction of sp³-hybridized carbons (Fsp3) is 0.300. The molecule has 2 heterocycles. The van der Waals surface area contributed by atoms with Gasteiger partial charge in [-0.15, -0.1) is 0 Å². The zero-order chi connectivity index (χ0) is 12.6. The number of aliphatic carboxylic acids is 1. The second kappa shape index (κ2) is 4.21. The van der Waals surface area contributed by atoms with Gasteiger partial charge in [-0.2, -0.15) is 0 Å². The third-order valence-electron chi connectivity index (χ3n) is 2.64. The van der Waals surface area contributed by atoms with Crippen LogP contribution >= 0.6 is 11.6 Å². The normalized spacial score (nSPS) is 15.5. The average molecular weight is 256 g/mol. The van der Waals surface area contributed by atoms with E-state index in [1.807, 2.05) is 0 Å². The summed E-state index contributed by atoms with van der Waals surface area (Å²) < 4.78 is 0. The summed E-state index contributed by atoms with van der Waals surface area (Å²) in [6.45, 7) is 0.746. The van der Waals surface area contributed by atoms with E-state index in [-0.39, 0.29) is 11.5 Å². The lowest BCUT2D eigenvalue weighted by molar-refractivity contribution is -0.142. The molecule has 0 radical (unpaired) electrons. The van der Waals surface area contributed by atoms with Gasteiger partial charge in [0.05, 0.1) is 16.5 Å². The Morgan fingerprint density at radius 1 is 1.53 bits per heavy atom. The number of amides is 1. The number of hydrogen-bond donors (Lipinski definition) is 2. The Morgan fingerprint density at radius 3 is 2.65 bits per heavy atom. The topological polar surface area (TPSA) is 96.5 Å². The van der Waals surface area contributed by atoms with Crippen molar-refractivity contribution < 1.29 is 14.7 Å². The van der Waals surface area contributed by atoms with Crippen molar-refractivity contribution in [2.75, 3.05) is 18.0 Å². The van der Waals surface area contributed by atoms with Crippen LogP contribution in [0.2, 0.25) is 5.02 Å². The zero-order valence-corrected chi connectivity index (χ0v) is 9.52. The maximum Gasteiger partial charge on any atom is 0.310 e. The van der Waals surface area contributed by atoms with Crippen molar-refractivity contribution in [3.05, 3.63) is 22.8 Å². The van der Waals surface area contributed by atoms with Gasteiger partial charge in [0.2, 0.25) is 5.91 Å². The van der Waals surface area contributed by atoms with Crippen molar-refractivity contribution in [3.63, 3.8) is 0 Å². The van der Waals surface area contributed by atoms with Crippen LogP contribution in [0.3, 0.4) is 0 Å². The first kappa shape index (κ1) is 11.7. The molecule has 17 heavy (non-hydrogen) atoms. The van der Waals surface area contributed by atoms with Crippen molar-refractivity contribution in [1.82, 2.24) is 4.98 Å². The number of nitrogens with two attached hydrogens (primary N) is 1. The SMILES string of the molecule is NC(=O)c1cnc(N2CC(C(=O)O)C2)c(Cl)c1. The van der Waals surface area contributed by atoms with E-state index in [1.54, 1.807) is 4.90 Å². The third kappa shape index (κ3) is 2.16.